The molecule has 3 heteroatoms. The van der Waals surface area contributed by atoms with Gasteiger partial charge < -0.3 is 8.98 Å². The summed E-state index contributed by atoms with van der Waals surface area (Å²) in [6.45, 7) is 0. The molecule has 3 nitrogen and oxygen atoms in total. The van der Waals surface area contributed by atoms with E-state index in [-0.39, 0.29) is 0 Å². The molecular weight excluding hydrogens is 560 g/mol. The Morgan fingerprint density at radius 2 is 1.13 bits per heavy atom. The van der Waals surface area contributed by atoms with Crippen molar-refractivity contribution < 1.29 is 4.42 Å². The molecule has 0 radical (unpaired) electrons. The highest BCUT2D eigenvalue weighted by Crippen LogP contribution is 2.42. The van der Waals surface area contributed by atoms with Gasteiger partial charge in [0.15, 0.2) is 0 Å². The summed E-state index contributed by atoms with van der Waals surface area (Å²) in [5.74, 6) is 0. The van der Waals surface area contributed by atoms with Crippen LogP contribution in [0.3, 0.4) is 0 Å². The van der Waals surface area contributed by atoms with Crippen molar-refractivity contribution in [3.8, 4) is 27.9 Å². The summed E-state index contributed by atoms with van der Waals surface area (Å²) in [7, 11) is 0. The van der Waals surface area contributed by atoms with Crippen molar-refractivity contribution >= 4 is 65.3 Å². The van der Waals surface area contributed by atoms with Gasteiger partial charge in [-0.15, -0.1) is 0 Å². The van der Waals surface area contributed by atoms with Crippen molar-refractivity contribution in [2.45, 2.75) is 0 Å². The van der Waals surface area contributed by atoms with Gasteiger partial charge in [-0.05, 0) is 93.0 Å². The second kappa shape index (κ2) is 9.65. The van der Waals surface area contributed by atoms with E-state index < -0.39 is 0 Å². The van der Waals surface area contributed by atoms with Gasteiger partial charge in [-0.2, -0.15) is 0 Å². The van der Waals surface area contributed by atoms with Gasteiger partial charge in [0.1, 0.15) is 11.2 Å². The Morgan fingerprint density at radius 1 is 0.457 bits per heavy atom. The highest BCUT2D eigenvalue weighted by molar-refractivity contribution is 6.22. The molecule has 10 aromatic rings. The van der Waals surface area contributed by atoms with Gasteiger partial charge in [0.2, 0.25) is 0 Å². The lowest BCUT2D eigenvalue weighted by Gasteiger charge is -2.13. The Bertz CT molecular complexity index is 2800. The second-order valence-corrected chi connectivity index (χ2v) is 12.0. The van der Waals surface area contributed by atoms with E-state index in [0.29, 0.717) is 0 Å². The molecular formula is C43H26N2O. The Morgan fingerprint density at radius 3 is 1.98 bits per heavy atom. The standard InChI is InChI=1S/C43H26N2O/c1-2-10-32(11-3-1)45-40-20-21-44-26-39(40)38-25-35(33-12-6-7-13-34(33)43(38)45)31-17-19-42-37(24-31)36-23-30(16-18-41(36)46-42)29-15-14-27-8-4-5-9-28(27)22-29/h1-26H. The SMILES string of the molecule is c1ccc(-n2c3ccncc3c3cc(-c4ccc5oc6ccc(-c7ccc8ccccc8c7)cc6c5c4)c4ccccc4c32)cc1. The smallest absolute Gasteiger partial charge is 0.135 e. The molecule has 46 heavy (non-hydrogen) atoms. The van der Waals surface area contributed by atoms with Gasteiger partial charge in [-0.3, -0.25) is 4.98 Å². The van der Waals surface area contributed by atoms with Crippen molar-refractivity contribution in [1.82, 2.24) is 9.55 Å². The fourth-order valence-electron chi connectivity index (χ4n) is 7.29. The zero-order valence-electron chi connectivity index (χ0n) is 24.8. The highest BCUT2D eigenvalue weighted by atomic mass is 16.3. The first-order chi connectivity index (χ1) is 22.8. The zero-order chi connectivity index (χ0) is 30.2. The molecule has 3 heterocycles. The molecule has 0 spiro atoms. The Hall–Kier alpha value is -6.19. The Balaban J connectivity index is 1.22. The molecule has 0 atom stereocenters. The molecule has 0 unspecified atom stereocenters. The van der Waals surface area contributed by atoms with Gasteiger partial charge in [0.05, 0.1) is 11.0 Å². The summed E-state index contributed by atoms with van der Waals surface area (Å²) in [4.78, 5) is 4.54. The largest absolute Gasteiger partial charge is 0.456 e. The molecule has 10 rings (SSSR count). The molecule has 0 bridgehead atoms. The first kappa shape index (κ1) is 25.2. The molecule has 214 valence electrons. The zero-order valence-corrected chi connectivity index (χ0v) is 24.8. The third kappa shape index (κ3) is 3.69. The lowest BCUT2D eigenvalue weighted by Crippen LogP contribution is -1.94. The van der Waals surface area contributed by atoms with E-state index in [2.05, 4.69) is 155 Å². The monoisotopic (exact) mass is 586 g/mol. The van der Waals surface area contributed by atoms with E-state index in [9.17, 15) is 0 Å². The number of nitrogens with zero attached hydrogens (tertiary/aromatic N) is 2. The average molecular weight is 587 g/mol. The number of rotatable bonds is 3. The number of hydrogen-bond donors (Lipinski definition) is 0. The van der Waals surface area contributed by atoms with Crippen molar-refractivity contribution in [3.05, 3.63) is 158 Å². The minimum Gasteiger partial charge on any atom is -0.456 e. The average Bonchev–Trinajstić information content (AvgIpc) is 3.66. The van der Waals surface area contributed by atoms with Crippen LogP contribution in [-0.2, 0) is 0 Å². The summed E-state index contributed by atoms with van der Waals surface area (Å²) in [6, 6.07) is 52.2. The lowest BCUT2D eigenvalue weighted by atomic mass is 9.94. The fourth-order valence-corrected chi connectivity index (χ4v) is 7.29. The van der Waals surface area contributed by atoms with Gasteiger partial charge in [0, 0.05) is 45.0 Å². The number of para-hydroxylation sites is 1. The van der Waals surface area contributed by atoms with E-state index in [0.717, 1.165) is 44.1 Å². The van der Waals surface area contributed by atoms with E-state index in [1.807, 2.05) is 12.4 Å². The van der Waals surface area contributed by atoms with Crippen LogP contribution in [0.25, 0.3) is 93.2 Å². The van der Waals surface area contributed by atoms with Crippen molar-refractivity contribution in [2.24, 2.45) is 0 Å². The first-order valence-electron chi connectivity index (χ1n) is 15.6. The molecule has 0 saturated heterocycles. The van der Waals surface area contributed by atoms with Gasteiger partial charge in [0.25, 0.3) is 0 Å². The number of fused-ring (bicyclic) bond motifs is 9. The third-order valence-electron chi connectivity index (χ3n) is 9.45. The number of pyridine rings is 1. The van der Waals surface area contributed by atoms with Crippen LogP contribution in [0.5, 0.6) is 0 Å². The predicted molar refractivity (Wildman–Crippen MR) is 192 cm³/mol. The minimum atomic E-state index is 0.893. The van der Waals surface area contributed by atoms with Crippen LogP contribution in [0.4, 0.5) is 0 Å². The molecule has 0 aliphatic heterocycles. The number of hydrogen-bond acceptors (Lipinski definition) is 2. The summed E-state index contributed by atoms with van der Waals surface area (Å²) in [5, 5.41) is 9.49. The maximum Gasteiger partial charge on any atom is 0.135 e. The van der Waals surface area contributed by atoms with E-state index in [1.165, 1.54) is 49.1 Å². The number of furan rings is 1. The maximum atomic E-state index is 6.36. The first-order valence-corrected chi connectivity index (χ1v) is 15.6. The summed E-state index contributed by atoms with van der Waals surface area (Å²) >= 11 is 0. The topological polar surface area (TPSA) is 31.0 Å². The molecule has 0 aliphatic carbocycles. The van der Waals surface area contributed by atoms with Crippen LogP contribution in [-0.4, -0.2) is 9.55 Å². The molecule has 3 aromatic heterocycles. The minimum absolute atomic E-state index is 0.893. The van der Waals surface area contributed by atoms with Crippen molar-refractivity contribution in [2.75, 3.05) is 0 Å². The van der Waals surface area contributed by atoms with E-state index in [4.69, 9.17) is 4.42 Å². The van der Waals surface area contributed by atoms with Crippen LogP contribution in [0, 0.1) is 0 Å². The maximum absolute atomic E-state index is 6.36. The molecule has 0 fully saturated rings. The van der Waals surface area contributed by atoms with Crippen molar-refractivity contribution in [3.63, 3.8) is 0 Å². The number of benzene rings is 7. The van der Waals surface area contributed by atoms with Crippen LogP contribution >= 0.6 is 0 Å². The van der Waals surface area contributed by atoms with Crippen LogP contribution in [0.15, 0.2) is 162 Å². The quantitative estimate of drug-likeness (QED) is 0.206. The summed E-state index contributed by atoms with van der Waals surface area (Å²) in [5.41, 5.74) is 10.0. The van der Waals surface area contributed by atoms with E-state index >= 15 is 0 Å². The molecule has 7 aromatic carbocycles. The van der Waals surface area contributed by atoms with Gasteiger partial charge >= 0.3 is 0 Å². The second-order valence-electron chi connectivity index (χ2n) is 12.0. The molecule has 0 saturated carbocycles. The van der Waals surface area contributed by atoms with Crippen LogP contribution in [0.2, 0.25) is 0 Å². The van der Waals surface area contributed by atoms with Crippen LogP contribution < -0.4 is 0 Å². The summed E-state index contributed by atoms with van der Waals surface area (Å²) in [6.07, 6.45) is 3.88. The fraction of sp³-hybridized carbons (Fsp3) is 0. The molecule has 0 aliphatic rings. The van der Waals surface area contributed by atoms with Gasteiger partial charge in [-0.25, -0.2) is 0 Å². The third-order valence-corrected chi connectivity index (χ3v) is 9.45. The lowest BCUT2D eigenvalue weighted by molar-refractivity contribution is 0.669. The molecule has 0 N–H and O–H groups in total. The Labute approximate surface area is 264 Å². The van der Waals surface area contributed by atoms with Gasteiger partial charge in [-0.1, -0.05) is 91.0 Å². The number of aromatic nitrogens is 2. The predicted octanol–water partition coefficient (Wildman–Crippen LogP) is 11.7. The Kier molecular flexibility index (Phi) is 5.28. The van der Waals surface area contributed by atoms with Crippen molar-refractivity contribution in [1.29, 1.82) is 0 Å². The summed E-state index contributed by atoms with van der Waals surface area (Å²) < 4.78 is 8.74. The normalized spacial score (nSPS) is 11.9. The molecule has 0 amide bonds. The van der Waals surface area contributed by atoms with Crippen LogP contribution in [0.1, 0.15) is 0 Å². The van der Waals surface area contributed by atoms with E-state index in [1.54, 1.807) is 0 Å². The highest BCUT2D eigenvalue weighted by Gasteiger charge is 2.19.